The van der Waals surface area contributed by atoms with Crippen molar-refractivity contribution in [3.8, 4) is 5.75 Å². The van der Waals surface area contributed by atoms with Crippen LogP contribution in [0.1, 0.15) is 12.0 Å². The first-order valence-corrected chi connectivity index (χ1v) is 7.82. The summed E-state index contributed by atoms with van der Waals surface area (Å²) in [6.45, 7) is 2.18. The summed E-state index contributed by atoms with van der Waals surface area (Å²) < 4.78 is 16.0. The minimum absolute atomic E-state index is 0.00578. The molecule has 0 saturated carbocycles. The molecule has 0 aromatic heterocycles. The van der Waals surface area contributed by atoms with Gasteiger partial charge < -0.3 is 19.5 Å². The van der Waals surface area contributed by atoms with E-state index in [2.05, 4.69) is 10.2 Å². The van der Waals surface area contributed by atoms with Crippen LogP contribution in [-0.4, -0.2) is 64.0 Å². The predicted molar refractivity (Wildman–Crippen MR) is 87.5 cm³/mol. The number of likely N-dealkylation sites (tertiary alicyclic amines) is 1. The van der Waals surface area contributed by atoms with Gasteiger partial charge in [0.25, 0.3) is 0 Å². The van der Waals surface area contributed by atoms with E-state index in [-0.39, 0.29) is 18.1 Å². The van der Waals surface area contributed by atoms with Crippen molar-refractivity contribution in [2.45, 2.75) is 25.1 Å². The van der Waals surface area contributed by atoms with Crippen LogP contribution in [0.5, 0.6) is 5.75 Å². The van der Waals surface area contributed by atoms with E-state index in [4.69, 9.17) is 14.2 Å². The fraction of sp³-hybridized carbons (Fsp3) is 0.588. The summed E-state index contributed by atoms with van der Waals surface area (Å²) in [4.78, 5) is 14.4. The third kappa shape index (κ3) is 4.92. The molecule has 1 aromatic carbocycles. The number of para-hydroxylation sites is 1. The predicted octanol–water partition coefficient (Wildman–Crippen LogP) is 1.05. The summed E-state index contributed by atoms with van der Waals surface area (Å²) in [5, 5.41) is 2.95. The summed E-state index contributed by atoms with van der Waals surface area (Å²) in [6.07, 6.45) is 1.06. The average Bonchev–Trinajstić information content (AvgIpc) is 2.95. The average molecular weight is 322 g/mol. The molecule has 0 aliphatic carbocycles. The van der Waals surface area contributed by atoms with Gasteiger partial charge >= 0.3 is 0 Å². The lowest BCUT2D eigenvalue weighted by Crippen LogP contribution is -2.41. The molecular weight excluding hydrogens is 296 g/mol. The highest BCUT2D eigenvalue weighted by Gasteiger charge is 2.33. The molecular formula is C17H26N2O4. The van der Waals surface area contributed by atoms with E-state index < -0.39 is 0 Å². The van der Waals surface area contributed by atoms with E-state index >= 15 is 0 Å². The van der Waals surface area contributed by atoms with Crippen LogP contribution in [-0.2, 0) is 20.8 Å². The van der Waals surface area contributed by atoms with Crippen molar-refractivity contribution in [1.82, 2.24) is 10.2 Å². The largest absolute Gasteiger partial charge is 0.496 e. The van der Waals surface area contributed by atoms with Gasteiger partial charge in [0, 0.05) is 38.9 Å². The Bertz CT molecular complexity index is 509. The van der Waals surface area contributed by atoms with Crippen LogP contribution in [0.3, 0.4) is 0 Å². The Balaban J connectivity index is 1.86. The van der Waals surface area contributed by atoms with E-state index in [9.17, 15) is 4.79 Å². The topological polar surface area (TPSA) is 60.0 Å². The molecule has 0 unspecified atom stereocenters. The molecule has 1 aliphatic heterocycles. The number of hydrogen-bond acceptors (Lipinski definition) is 5. The summed E-state index contributed by atoms with van der Waals surface area (Å²) >= 11 is 0. The summed E-state index contributed by atoms with van der Waals surface area (Å²) in [5.41, 5.74) is 0.966. The molecule has 1 fully saturated rings. The van der Waals surface area contributed by atoms with Crippen molar-refractivity contribution in [2.24, 2.45) is 0 Å². The number of carbonyl (C=O) groups excluding carboxylic acids is 1. The van der Waals surface area contributed by atoms with E-state index in [0.717, 1.165) is 24.3 Å². The van der Waals surface area contributed by atoms with E-state index in [1.807, 2.05) is 24.3 Å². The first kappa shape index (κ1) is 17.7. The highest BCUT2D eigenvalue weighted by atomic mass is 16.5. The number of hydrogen-bond donors (Lipinski definition) is 1. The van der Waals surface area contributed by atoms with Crippen LogP contribution in [0.2, 0.25) is 0 Å². The first-order valence-electron chi connectivity index (χ1n) is 7.82. The van der Waals surface area contributed by atoms with Crippen LogP contribution < -0.4 is 10.1 Å². The van der Waals surface area contributed by atoms with Gasteiger partial charge in [0.2, 0.25) is 5.91 Å². The quantitative estimate of drug-likeness (QED) is 0.775. The third-order valence-corrected chi connectivity index (χ3v) is 4.20. The summed E-state index contributed by atoms with van der Waals surface area (Å²) in [5.74, 6) is 0.777. The summed E-state index contributed by atoms with van der Waals surface area (Å²) in [7, 11) is 5.02. The van der Waals surface area contributed by atoms with Gasteiger partial charge in [0.15, 0.2) is 0 Å². The van der Waals surface area contributed by atoms with Crippen molar-refractivity contribution in [1.29, 1.82) is 0 Å². The number of nitrogens with one attached hydrogen (secondary N) is 1. The minimum Gasteiger partial charge on any atom is -0.496 e. The molecule has 0 bridgehead atoms. The molecule has 128 valence electrons. The van der Waals surface area contributed by atoms with Gasteiger partial charge in [-0.2, -0.15) is 0 Å². The maximum atomic E-state index is 12.2. The Labute approximate surface area is 137 Å². The first-order chi connectivity index (χ1) is 11.2. The second-order valence-electron chi connectivity index (χ2n) is 5.72. The van der Waals surface area contributed by atoms with Crippen molar-refractivity contribution >= 4 is 5.91 Å². The molecule has 6 nitrogen and oxygen atoms in total. The Morgan fingerprint density at radius 3 is 2.78 bits per heavy atom. The van der Waals surface area contributed by atoms with Crippen molar-refractivity contribution in [3.63, 3.8) is 0 Å². The van der Waals surface area contributed by atoms with Gasteiger partial charge in [-0.05, 0) is 12.5 Å². The molecule has 23 heavy (non-hydrogen) atoms. The normalized spacial score (nSPS) is 21.3. The van der Waals surface area contributed by atoms with Gasteiger partial charge in [0.1, 0.15) is 5.75 Å². The van der Waals surface area contributed by atoms with Crippen LogP contribution in [0.4, 0.5) is 0 Å². The SMILES string of the molecule is COC[C@@H]1C[C@H](OC)CN1CC(=O)NCc1ccccc1OC. The zero-order valence-electron chi connectivity index (χ0n) is 14.1. The molecule has 2 rings (SSSR count). The summed E-state index contributed by atoms with van der Waals surface area (Å²) in [6, 6.07) is 7.90. The van der Waals surface area contributed by atoms with E-state index in [0.29, 0.717) is 19.7 Å². The minimum atomic E-state index is -0.00578. The lowest BCUT2D eigenvalue weighted by atomic mass is 10.2. The number of amides is 1. The van der Waals surface area contributed by atoms with Gasteiger partial charge in [0.05, 0.1) is 26.4 Å². The number of rotatable bonds is 8. The molecule has 1 aromatic rings. The molecule has 1 aliphatic rings. The molecule has 1 N–H and O–H groups in total. The van der Waals surface area contributed by atoms with Crippen LogP contribution in [0.15, 0.2) is 24.3 Å². The van der Waals surface area contributed by atoms with Crippen molar-refractivity contribution < 1.29 is 19.0 Å². The van der Waals surface area contributed by atoms with Crippen LogP contribution in [0.25, 0.3) is 0 Å². The number of nitrogens with zero attached hydrogens (tertiary/aromatic N) is 1. The van der Waals surface area contributed by atoms with Gasteiger partial charge in [-0.15, -0.1) is 0 Å². The highest BCUT2D eigenvalue weighted by molar-refractivity contribution is 5.78. The number of carbonyl (C=O) groups is 1. The highest BCUT2D eigenvalue weighted by Crippen LogP contribution is 2.20. The van der Waals surface area contributed by atoms with Crippen molar-refractivity contribution in [2.75, 3.05) is 41.0 Å². The van der Waals surface area contributed by atoms with E-state index in [1.54, 1.807) is 21.3 Å². The zero-order chi connectivity index (χ0) is 16.7. The zero-order valence-corrected chi connectivity index (χ0v) is 14.1. The lowest BCUT2D eigenvalue weighted by Gasteiger charge is -2.22. The number of methoxy groups -OCH3 is 3. The second kappa shape index (κ2) is 8.86. The van der Waals surface area contributed by atoms with E-state index in [1.165, 1.54) is 0 Å². The fourth-order valence-electron chi connectivity index (χ4n) is 2.95. The molecule has 0 radical (unpaired) electrons. The van der Waals surface area contributed by atoms with Gasteiger partial charge in [-0.1, -0.05) is 18.2 Å². The number of ether oxygens (including phenoxy) is 3. The second-order valence-corrected chi connectivity index (χ2v) is 5.72. The van der Waals surface area contributed by atoms with Gasteiger partial charge in [-0.25, -0.2) is 0 Å². The van der Waals surface area contributed by atoms with Crippen LogP contribution >= 0.6 is 0 Å². The Hall–Kier alpha value is -1.63. The molecule has 1 heterocycles. The monoisotopic (exact) mass is 322 g/mol. The van der Waals surface area contributed by atoms with Crippen molar-refractivity contribution in [3.05, 3.63) is 29.8 Å². The lowest BCUT2D eigenvalue weighted by molar-refractivity contribution is -0.122. The maximum absolute atomic E-state index is 12.2. The maximum Gasteiger partial charge on any atom is 0.234 e. The smallest absolute Gasteiger partial charge is 0.234 e. The molecule has 0 spiro atoms. The Kier molecular flexibility index (Phi) is 6.83. The molecule has 6 heteroatoms. The van der Waals surface area contributed by atoms with Crippen LogP contribution in [0, 0.1) is 0 Å². The Morgan fingerprint density at radius 1 is 1.30 bits per heavy atom. The number of benzene rings is 1. The Morgan fingerprint density at radius 2 is 2.09 bits per heavy atom. The van der Waals surface area contributed by atoms with Gasteiger partial charge in [-0.3, -0.25) is 9.69 Å². The molecule has 1 amide bonds. The fourth-order valence-corrected chi connectivity index (χ4v) is 2.95. The third-order valence-electron chi connectivity index (χ3n) is 4.20. The molecule has 2 atom stereocenters. The standard InChI is InChI=1S/C17H26N2O4/c1-21-12-14-8-15(22-2)10-19(14)11-17(20)18-9-13-6-4-5-7-16(13)23-3/h4-7,14-15H,8-12H2,1-3H3,(H,18,20)/t14-,15-/m0/s1. The molecule has 1 saturated heterocycles.